The van der Waals surface area contributed by atoms with E-state index in [0.717, 1.165) is 74.7 Å². The molecule has 0 unspecified atom stereocenters. The number of hydrogen-bond acceptors (Lipinski definition) is 0. The van der Waals surface area contributed by atoms with Crippen LogP contribution < -0.4 is 0 Å². The summed E-state index contributed by atoms with van der Waals surface area (Å²) in [7, 11) is 0. The van der Waals surface area contributed by atoms with Crippen molar-refractivity contribution < 1.29 is 25.1 Å². The number of benzene rings is 2. The Morgan fingerprint density at radius 2 is 0.779 bits per heavy atom. The Morgan fingerprint density at radius 3 is 1.16 bits per heavy atom. The molecule has 1 aliphatic rings. The molecule has 384 valence electrons. The molecule has 0 bridgehead atoms. The fourth-order valence-corrected chi connectivity index (χ4v) is 9.41. The zero-order chi connectivity index (χ0) is 49.3. The third kappa shape index (κ3) is 28.2. The molecule has 0 saturated heterocycles. The summed E-state index contributed by atoms with van der Waals surface area (Å²) >= 11 is 0. The topological polar surface area (TPSA) is 25.3 Å². The van der Waals surface area contributed by atoms with Crippen LogP contribution in [0.3, 0.4) is 0 Å². The Kier molecular flexibility index (Phi) is 42.5. The Balaban J connectivity index is 0.00000147. The van der Waals surface area contributed by atoms with Crippen molar-refractivity contribution in [3.63, 3.8) is 0 Å². The van der Waals surface area contributed by atoms with Crippen molar-refractivity contribution >= 4 is 11.4 Å². The van der Waals surface area contributed by atoms with Crippen molar-refractivity contribution in [3.8, 4) is 11.8 Å². The largest absolute Gasteiger partial charge is 2.00 e. The third-order valence-corrected chi connectivity index (χ3v) is 14.0. The Bertz CT molecular complexity index is 1660. The van der Waals surface area contributed by atoms with Crippen LogP contribution in [0.15, 0.2) is 35.9 Å². The van der Waals surface area contributed by atoms with Crippen LogP contribution in [-0.2, 0) is 39.7 Å². The first-order valence-corrected chi connectivity index (χ1v) is 28.6. The molecule has 0 amide bonds. The molecule has 0 radical (unpaired) electrons. The first-order valence-electron chi connectivity index (χ1n) is 28.6. The first-order chi connectivity index (χ1) is 32.7. The van der Waals surface area contributed by atoms with E-state index in [0.29, 0.717) is 0 Å². The van der Waals surface area contributed by atoms with E-state index in [2.05, 4.69) is 104 Å². The predicted molar refractivity (Wildman–Crippen MR) is 297 cm³/mol. The minimum absolute atomic E-state index is 0. The van der Waals surface area contributed by atoms with Gasteiger partial charge in [-0.3, -0.25) is 0 Å². The van der Waals surface area contributed by atoms with Crippen LogP contribution in [0.1, 0.15) is 298 Å². The molecular weight excluding hydrogens is 915 g/mol. The number of rotatable bonds is 36. The molecule has 0 N–H and O–H groups in total. The van der Waals surface area contributed by atoms with Crippen molar-refractivity contribution in [2.24, 2.45) is 0 Å². The Hall–Kier alpha value is -2.70. The van der Waals surface area contributed by atoms with Gasteiger partial charge in [-0.05, 0) is 155 Å². The van der Waals surface area contributed by atoms with E-state index in [1.807, 2.05) is 0 Å². The van der Waals surface area contributed by atoms with Gasteiger partial charge in [-0.1, -0.05) is 196 Å². The zero-order valence-electron chi connectivity index (χ0n) is 46.1. The summed E-state index contributed by atoms with van der Waals surface area (Å²) in [5.74, 6) is 4.86. The van der Waals surface area contributed by atoms with Crippen LogP contribution in [0.5, 0.6) is 0 Å². The van der Waals surface area contributed by atoms with Gasteiger partial charge in [0.05, 0.1) is 0 Å². The van der Waals surface area contributed by atoms with Gasteiger partial charge in [-0.25, -0.2) is 4.70 Å². The van der Waals surface area contributed by atoms with E-state index >= 15 is 0 Å². The van der Waals surface area contributed by atoms with Gasteiger partial charge in [-0.2, -0.15) is 0 Å². The van der Waals surface area contributed by atoms with Gasteiger partial charge in [0.15, 0.2) is 0 Å². The quantitative estimate of drug-likeness (QED) is 0.0214. The number of unbranched alkanes of at least 4 members (excludes halogenated alkanes) is 26. The maximum atomic E-state index is 11.9. The molecule has 0 atom stereocenters. The van der Waals surface area contributed by atoms with Gasteiger partial charge >= 0.3 is 20.4 Å². The molecule has 1 heterocycles. The van der Waals surface area contributed by atoms with Crippen LogP contribution in [0.4, 0.5) is 0 Å². The van der Waals surface area contributed by atoms with Crippen LogP contribution in [0.2, 0.25) is 0 Å². The van der Waals surface area contributed by atoms with E-state index in [9.17, 15) is 5.53 Å². The van der Waals surface area contributed by atoms with Crippen molar-refractivity contribution in [2.75, 3.05) is 0 Å². The van der Waals surface area contributed by atoms with Crippen LogP contribution in [0.25, 0.3) is 16.9 Å². The first kappa shape index (κ1) is 65.3. The van der Waals surface area contributed by atoms with E-state index in [-0.39, 0.29) is 20.4 Å². The molecular formula is C65H104N2Pd. The predicted octanol–water partition coefficient (Wildman–Crippen LogP) is 21.2. The number of hydrogen-bond donors (Lipinski definition) is 0. The summed E-state index contributed by atoms with van der Waals surface area (Å²) in [6, 6.07) is 9.44. The molecule has 0 fully saturated rings. The summed E-state index contributed by atoms with van der Waals surface area (Å²) in [6.07, 6.45) is 61.2. The summed E-state index contributed by atoms with van der Waals surface area (Å²) < 4.78 is 1.53. The van der Waals surface area contributed by atoms with Gasteiger partial charge in [0.1, 0.15) is 0 Å². The molecule has 1 aliphatic heterocycles. The fourth-order valence-electron chi connectivity index (χ4n) is 9.41. The standard InChI is InChI=1S/C41H62N2.2C12H21.Pd/c1-8-12-16-19-23-34-28-37(29-35(24-20-17-13-9-2)39(34)25-21-18-14-10-3)40-30-36(22-15-11-4)41(43(40)42)38-26-31(5)33(7)32(6)27-38;2*1-3-5-7-9-11-12-10-8-6-4-2;/h26-30H,8-25H2,1-7H3;2*3,5-12H2,1H3;/q;2*-1;+2. The van der Waals surface area contributed by atoms with E-state index in [1.165, 1.54) is 217 Å². The summed E-state index contributed by atoms with van der Waals surface area (Å²) in [5.41, 5.74) is 26.1. The smallest absolute Gasteiger partial charge is 0.694 e. The van der Waals surface area contributed by atoms with Gasteiger partial charge < -0.3 is 30.2 Å². The zero-order valence-corrected chi connectivity index (χ0v) is 47.6. The maximum Gasteiger partial charge on any atom is 2.00 e. The van der Waals surface area contributed by atoms with Gasteiger partial charge in [0.2, 0.25) is 11.4 Å². The third-order valence-electron chi connectivity index (χ3n) is 14.0. The van der Waals surface area contributed by atoms with Crippen molar-refractivity contribution in [2.45, 2.75) is 293 Å². The van der Waals surface area contributed by atoms with Crippen LogP contribution in [0, 0.1) is 45.5 Å². The van der Waals surface area contributed by atoms with Crippen molar-refractivity contribution in [1.82, 2.24) is 0 Å². The van der Waals surface area contributed by atoms with E-state index in [1.54, 1.807) is 5.56 Å². The average molecular weight is 1020 g/mol. The minimum Gasteiger partial charge on any atom is -0.694 e. The molecule has 2 aromatic carbocycles. The number of nitrogens with zero attached hydrogens (tertiary/aromatic N) is 2. The van der Waals surface area contributed by atoms with Crippen LogP contribution >= 0.6 is 0 Å². The second-order valence-electron chi connectivity index (χ2n) is 20.1. The van der Waals surface area contributed by atoms with Crippen LogP contribution in [-0.4, -0.2) is 4.70 Å². The number of allylic oxidation sites excluding steroid dienone is 2. The SMILES string of the molecule is CCCCCCc1cc(C2=CC(CCCC)=C(c3cc(C)c(C)c(C)c3)[N+]2=[N-])cc(CCCCCC)c1CCCCCC.[C-]#CCCCCCCCCCC.[C-]#CCCCCCCCCCC.[Pd+2]. The second kappa shape index (κ2) is 44.3. The van der Waals surface area contributed by atoms with E-state index < -0.39 is 0 Å². The molecule has 3 heteroatoms. The monoisotopic (exact) mass is 1020 g/mol. The Labute approximate surface area is 438 Å². The molecule has 0 spiro atoms. The maximum absolute atomic E-state index is 11.9. The molecule has 0 aromatic heterocycles. The summed E-state index contributed by atoms with van der Waals surface area (Å²) in [5, 5.41) is 0. The molecule has 2 aromatic rings. The second-order valence-corrected chi connectivity index (χ2v) is 20.1. The molecule has 2 nitrogen and oxygen atoms in total. The fraction of sp³-hybridized carbons (Fsp3) is 0.692. The van der Waals surface area contributed by atoms with Crippen molar-refractivity contribution in [3.05, 3.63) is 98.8 Å². The Morgan fingerprint density at radius 1 is 0.426 bits per heavy atom. The van der Waals surface area contributed by atoms with Gasteiger partial charge in [0.25, 0.3) is 0 Å². The normalized spacial score (nSPS) is 11.9. The van der Waals surface area contributed by atoms with Gasteiger partial charge in [-0.15, -0.1) is 0 Å². The molecule has 0 saturated carbocycles. The van der Waals surface area contributed by atoms with E-state index in [4.69, 9.17) is 12.8 Å². The van der Waals surface area contributed by atoms with Gasteiger partial charge in [0, 0.05) is 22.8 Å². The summed E-state index contributed by atoms with van der Waals surface area (Å²) in [6.45, 7) is 20.2. The molecule has 68 heavy (non-hydrogen) atoms. The molecule has 0 aliphatic carbocycles. The van der Waals surface area contributed by atoms with Crippen molar-refractivity contribution in [1.29, 1.82) is 0 Å². The summed E-state index contributed by atoms with van der Waals surface area (Å²) in [4.78, 5) is 0. The molecule has 3 rings (SSSR count). The number of aryl methyl sites for hydroxylation is 4. The average Bonchev–Trinajstić information content (AvgIpc) is 3.66. The minimum atomic E-state index is 0.